The van der Waals surface area contributed by atoms with E-state index in [1.54, 1.807) is 0 Å². The first-order chi connectivity index (χ1) is 12.3. The van der Waals surface area contributed by atoms with E-state index in [0.717, 1.165) is 82.5 Å². The Labute approximate surface area is 157 Å². The van der Waals surface area contributed by atoms with Crippen molar-refractivity contribution < 1.29 is 9.84 Å². The number of nitrogens with zero attached hydrogens (tertiary/aromatic N) is 4. The van der Waals surface area contributed by atoms with Crippen molar-refractivity contribution in [1.29, 1.82) is 0 Å². The van der Waals surface area contributed by atoms with Gasteiger partial charge in [0.1, 0.15) is 11.6 Å². The Kier molecular flexibility index (Phi) is 5.85. The van der Waals surface area contributed by atoms with Gasteiger partial charge in [0, 0.05) is 49.9 Å². The molecule has 1 atom stereocenters. The van der Waals surface area contributed by atoms with Crippen molar-refractivity contribution in [3.8, 4) is 0 Å². The number of aliphatic hydroxyl groups is 1. The second kappa shape index (κ2) is 7.79. The minimum absolute atomic E-state index is 0.215. The fourth-order valence-electron chi connectivity index (χ4n) is 4.14. The molecule has 0 spiro atoms. The molecule has 1 aromatic heterocycles. The highest BCUT2D eigenvalue weighted by molar-refractivity contribution is 5.41. The summed E-state index contributed by atoms with van der Waals surface area (Å²) >= 11 is 0. The molecule has 2 aliphatic heterocycles. The molecule has 2 aliphatic rings. The van der Waals surface area contributed by atoms with E-state index in [2.05, 4.69) is 46.6 Å². The van der Waals surface area contributed by atoms with Crippen LogP contribution in [0.5, 0.6) is 0 Å². The standard InChI is InChI=1S/C20H34N4O2/c1-5-6-17-13-18(22-16(2)21-17)24-8-7-20(25,19(3,4)14-24)15-23-9-11-26-12-10-23/h13,25H,5-12,14-15H2,1-4H3. The Morgan fingerprint density at radius 2 is 1.92 bits per heavy atom. The van der Waals surface area contributed by atoms with Crippen molar-refractivity contribution in [2.75, 3.05) is 50.8 Å². The van der Waals surface area contributed by atoms with E-state index >= 15 is 0 Å². The number of hydrogen-bond donors (Lipinski definition) is 1. The van der Waals surface area contributed by atoms with E-state index in [-0.39, 0.29) is 5.41 Å². The number of morpholine rings is 1. The lowest BCUT2D eigenvalue weighted by molar-refractivity contribution is -0.111. The van der Waals surface area contributed by atoms with Gasteiger partial charge >= 0.3 is 0 Å². The molecule has 3 rings (SSSR count). The molecule has 26 heavy (non-hydrogen) atoms. The van der Waals surface area contributed by atoms with Gasteiger partial charge in [-0.3, -0.25) is 4.90 Å². The molecular formula is C20H34N4O2. The number of piperidine rings is 1. The Hall–Kier alpha value is -1.24. The minimum atomic E-state index is -0.685. The zero-order valence-electron chi connectivity index (χ0n) is 16.8. The highest BCUT2D eigenvalue weighted by atomic mass is 16.5. The Morgan fingerprint density at radius 3 is 2.58 bits per heavy atom. The smallest absolute Gasteiger partial charge is 0.132 e. The molecule has 0 amide bonds. The minimum Gasteiger partial charge on any atom is -0.388 e. The van der Waals surface area contributed by atoms with Gasteiger partial charge in [-0.05, 0) is 19.8 Å². The zero-order chi connectivity index (χ0) is 18.8. The maximum Gasteiger partial charge on any atom is 0.132 e. The number of aromatic nitrogens is 2. The first-order valence-electron chi connectivity index (χ1n) is 9.95. The summed E-state index contributed by atoms with van der Waals surface area (Å²) in [6, 6.07) is 2.12. The summed E-state index contributed by atoms with van der Waals surface area (Å²) in [5.74, 6) is 1.83. The molecule has 1 aromatic rings. The molecule has 0 aliphatic carbocycles. The van der Waals surface area contributed by atoms with E-state index in [1.165, 1.54) is 0 Å². The van der Waals surface area contributed by atoms with Crippen LogP contribution in [0.2, 0.25) is 0 Å². The molecule has 0 radical (unpaired) electrons. The van der Waals surface area contributed by atoms with Crippen LogP contribution in [-0.2, 0) is 11.2 Å². The maximum atomic E-state index is 11.5. The molecule has 1 unspecified atom stereocenters. The van der Waals surface area contributed by atoms with Crippen LogP contribution in [0.3, 0.4) is 0 Å². The van der Waals surface area contributed by atoms with Crippen molar-refractivity contribution >= 4 is 5.82 Å². The Bertz CT molecular complexity index is 616. The van der Waals surface area contributed by atoms with Crippen LogP contribution in [0.1, 0.15) is 45.1 Å². The molecule has 2 fully saturated rings. The molecule has 6 heteroatoms. The van der Waals surface area contributed by atoms with Gasteiger partial charge in [-0.1, -0.05) is 27.2 Å². The van der Waals surface area contributed by atoms with Crippen LogP contribution in [0.4, 0.5) is 5.82 Å². The molecule has 3 heterocycles. The Morgan fingerprint density at radius 1 is 1.19 bits per heavy atom. The monoisotopic (exact) mass is 362 g/mol. The van der Waals surface area contributed by atoms with Crippen molar-refractivity contribution in [3.05, 3.63) is 17.6 Å². The van der Waals surface area contributed by atoms with Gasteiger partial charge in [-0.2, -0.15) is 0 Å². The first kappa shape index (κ1) is 19.5. The molecule has 0 bridgehead atoms. The SMILES string of the molecule is CCCc1cc(N2CCC(O)(CN3CCOCC3)C(C)(C)C2)nc(C)n1. The molecule has 146 valence electrons. The van der Waals surface area contributed by atoms with Crippen molar-refractivity contribution in [1.82, 2.24) is 14.9 Å². The molecule has 1 N–H and O–H groups in total. The van der Waals surface area contributed by atoms with Crippen LogP contribution >= 0.6 is 0 Å². The lowest BCUT2D eigenvalue weighted by atomic mass is 9.69. The third-order valence-corrected chi connectivity index (χ3v) is 5.94. The zero-order valence-corrected chi connectivity index (χ0v) is 16.8. The van der Waals surface area contributed by atoms with Crippen molar-refractivity contribution in [3.63, 3.8) is 0 Å². The molecule has 0 aromatic carbocycles. The van der Waals surface area contributed by atoms with Gasteiger partial charge in [0.25, 0.3) is 0 Å². The van der Waals surface area contributed by atoms with E-state index in [4.69, 9.17) is 4.74 Å². The van der Waals surface area contributed by atoms with Crippen LogP contribution in [0.25, 0.3) is 0 Å². The van der Waals surface area contributed by atoms with E-state index in [1.807, 2.05) is 6.92 Å². The fraction of sp³-hybridized carbons (Fsp3) is 0.800. The van der Waals surface area contributed by atoms with Crippen LogP contribution < -0.4 is 4.90 Å². The van der Waals surface area contributed by atoms with Crippen molar-refractivity contribution in [2.45, 2.75) is 52.6 Å². The lowest BCUT2D eigenvalue weighted by Gasteiger charge is -2.52. The quantitative estimate of drug-likeness (QED) is 0.865. The summed E-state index contributed by atoms with van der Waals surface area (Å²) in [6.45, 7) is 14.2. The molecule has 0 saturated carbocycles. The van der Waals surface area contributed by atoms with E-state index < -0.39 is 5.60 Å². The maximum absolute atomic E-state index is 11.5. The fourth-order valence-corrected chi connectivity index (χ4v) is 4.14. The normalized spacial score (nSPS) is 26.9. The summed E-state index contributed by atoms with van der Waals surface area (Å²) in [7, 11) is 0. The number of anilines is 1. The van der Waals surface area contributed by atoms with Gasteiger partial charge in [0.15, 0.2) is 0 Å². The van der Waals surface area contributed by atoms with Gasteiger partial charge in [0.05, 0.1) is 18.8 Å². The predicted octanol–water partition coefficient (Wildman–Crippen LogP) is 2.04. The first-order valence-corrected chi connectivity index (χ1v) is 9.95. The molecular weight excluding hydrogens is 328 g/mol. The highest BCUT2D eigenvalue weighted by Crippen LogP contribution is 2.40. The largest absolute Gasteiger partial charge is 0.388 e. The second-order valence-corrected chi connectivity index (χ2v) is 8.49. The number of hydrogen-bond acceptors (Lipinski definition) is 6. The van der Waals surface area contributed by atoms with E-state index in [0.29, 0.717) is 0 Å². The summed E-state index contributed by atoms with van der Waals surface area (Å²) < 4.78 is 5.45. The average Bonchev–Trinajstić information content (AvgIpc) is 2.58. The number of aryl methyl sites for hydroxylation is 2. The lowest BCUT2D eigenvalue weighted by Crippen LogP contribution is -2.62. The number of rotatable bonds is 5. The van der Waals surface area contributed by atoms with Gasteiger partial charge in [-0.15, -0.1) is 0 Å². The Balaban J connectivity index is 1.73. The van der Waals surface area contributed by atoms with Gasteiger partial charge in [0.2, 0.25) is 0 Å². The van der Waals surface area contributed by atoms with Crippen LogP contribution in [-0.4, -0.2) is 71.5 Å². The third-order valence-electron chi connectivity index (χ3n) is 5.94. The van der Waals surface area contributed by atoms with Gasteiger partial charge in [-0.25, -0.2) is 9.97 Å². The molecule has 2 saturated heterocycles. The third kappa shape index (κ3) is 4.18. The predicted molar refractivity (Wildman–Crippen MR) is 104 cm³/mol. The average molecular weight is 363 g/mol. The summed E-state index contributed by atoms with van der Waals surface area (Å²) in [5.41, 5.74) is 0.213. The van der Waals surface area contributed by atoms with Crippen LogP contribution in [0, 0.1) is 12.3 Å². The second-order valence-electron chi connectivity index (χ2n) is 8.49. The number of β-amino-alcohol motifs (C(OH)–C–C–N with tert-alkyl or cyclic N) is 1. The van der Waals surface area contributed by atoms with Crippen LogP contribution in [0.15, 0.2) is 6.07 Å². The van der Waals surface area contributed by atoms with Gasteiger partial charge < -0.3 is 14.7 Å². The summed E-state index contributed by atoms with van der Waals surface area (Å²) in [5, 5.41) is 11.5. The van der Waals surface area contributed by atoms with E-state index in [9.17, 15) is 5.11 Å². The number of ether oxygens (including phenoxy) is 1. The topological polar surface area (TPSA) is 61.7 Å². The highest BCUT2D eigenvalue weighted by Gasteiger charge is 2.48. The van der Waals surface area contributed by atoms with Crippen molar-refractivity contribution in [2.24, 2.45) is 5.41 Å². The summed E-state index contributed by atoms with van der Waals surface area (Å²) in [6.07, 6.45) is 2.82. The molecule has 6 nitrogen and oxygen atoms in total. The summed E-state index contributed by atoms with van der Waals surface area (Å²) in [4.78, 5) is 13.9.